The maximum Gasteiger partial charge on any atom is 0.326 e. The number of methoxy groups -OCH3 is 2. The van der Waals surface area contributed by atoms with Gasteiger partial charge in [0.25, 0.3) is 0 Å². The molecular formula is C15H14F2N4O3. The zero-order valence-corrected chi connectivity index (χ0v) is 12.9. The van der Waals surface area contributed by atoms with Crippen LogP contribution in [0.3, 0.4) is 0 Å². The second-order valence-electron chi connectivity index (χ2n) is 5.04. The molecule has 0 saturated carbocycles. The van der Waals surface area contributed by atoms with Crippen LogP contribution in [0.4, 0.5) is 30.8 Å². The van der Waals surface area contributed by atoms with Crippen LogP contribution in [0, 0.1) is 11.6 Å². The summed E-state index contributed by atoms with van der Waals surface area (Å²) in [6.45, 7) is -0.0847. The van der Waals surface area contributed by atoms with E-state index in [-0.39, 0.29) is 23.9 Å². The molecule has 0 saturated heterocycles. The molecule has 0 radical (unpaired) electrons. The SMILES string of the molecule is COc1cc(OC)c(F)c(N2Cc3cnc(N)cc3NC2=O)c1F. The number of anilines is 3. The summed E-state index contributed by atoms with van der Waals surface area (Å²) in [5.74, 6) is -2.26. The molecule has 126 valence electrons. The highest BCUT2D eigenvalue weighted by Crippen LogP contribution is 2.39. The van der Waals surface area contributed by atoms with Gasteiger partial charge >= 0.3 is 6.03 Å². The lowest BCUT2D eigenvalue weighted by Gasteiger charge is -2.30. The highest BCUT2D eigenvalue weighted by Gasteiger charge is 2.32. The zero-order chi connectivity index (χ0) is 17.4. The van der Waals surface area contributed by atoms with E-state index in [1.807, 2.05) is 0 Å². The summed E-state index contributed by atoms with van der Waals surface area (Å²) in [5.41, 5.74) is 6.01. The summed E-state index contributed by atoms with van der Waals surface area (Å²) in [6.07, 6.45) is 1.43. The molecule has 2 heterocycles. The van der Waals surface area contributed by atoms with Crippen LogP contribution in [0.1, 0.15) is 5.56 Å². The standard InChI is InChI=1S/C15H14F2N4O3/c1-23-9-4-10(24-2)13(17)14(12(9)16)21-6-7-5-19-11(18)3-8(7)20-15(21)22/h3-5H,6H2,1-2H3,(H2,18,19)(H,20,22). The minimum absolute atomic E-state index is 0.0847. The Morgan fingerprint density at radius 2 is 1.83 bits per heavy atom. The monoisotopic (exact) mass is 336 g/mol. The van der Waals surface area contributed by atoms with Crippen molar-refractivity contribution in [2.45, 2.75) is 6.54 Å². The van der Waals surface area contributed by atoms with Crippen molar-refractivity contribution in [1.29, 1.82) is 0 Å². The Morgan fingerprint density at radius 3 is 2.42 bits per heavy atom. The number of fused-ring (bicyclic) bond motifs is 1. The van der Waals surface area contributed by atoms with Crippen molar-refractivity contribution in [1.82, 2.24) is 4.98 Å². The molecule has 3 N–H and O–H groups in total. The quantitative estimate of drug-likeness (QED) is 0.899. The maximum absolute atomic E-state index is 14.6. The molecule has 1 aromatic heterocycles. The summed E-state index contributed by atoms with van der Waals surface area (Å²) >= 11 is 0. The number of ether oxygens (including phenoxy) is 2. The van der Waals surface area contributed by atoms with E-state index in [9.17, 15) is 13.6 Å². The minimum atomic E-state index is -1.00. The smallest absolute Gasteiger partial charge is 0.326 e. The third kappa shape index (κ3) is 2.43. The average molecular weight is 336 g/mol. The first-order valence-electron chi connectivity index (χ1n) is 6.89. The third-order valence-electron chi connectivity index (χ3n) is 3.64. The molecule has 3 rings (SSSR count). The number of benzene rings is 1. The van der Waals surface area contributed by atoms with E-state index in [1.165, 1.54) is 26.5 Å². The molecule has 9 heteroatoms. The lowest BCUT2D eigenvalue weighted by molar-refractivity contribution is 0.255. The van der Waals surface area contributed by atoms with Crippen molar-refractivity contribution in [3.8, 4) is 11.5 Å². The van der Waals surface area contributed by atoms with Gasteiger partial charge in [-0.05, 0) is 0 Å². The van der Waals surface area contributed by atoms with Crippen molar-refractivity contribution in [3.63, 3.8) is 0 Å². The normalized spacial score (nSPS) is 13.3. The van der Waals surface area contributed by atoms with E-state index in [2.05, 4.69) is 10.3 Å². The van der Waals surface area contributed by atoms with Gasteiger partial charge in [0.1, 0.15) is 11.5 Å². The Hall–Kier alpha value is -3.10. The van der Waals surface area contributed by atoms with Crippen LogP contribution in [-0.2, 0) is 6.54 Å². The average Bonchev–Trinajstić information content (AvgIpc) is 2.55. The molecule has 1 aromatic carbocycles. The molecule has 1 aliphatic rings. The highest BCUT2D eigenvalue weighted by atomic mass is 19.1. The second kappa shape index (κ2) is 5.84. The number of pyridine rings is 1. The molecule has 2 aromatic rings. The third-order valence-corrected chi connectivity index (χ3v) is 3.64. The molecule has 24 heavy (non-hydrogen) atoms. The van der Waals surface area contributed by atoms with Gasteiger partial charge in [0.2, 0.25) is 0 Å². The van der Waals surface area contributed by atoms with Gasteiger partial charge in [-0.15, -0.1) is 0 Å². The van der Waals surface area contributed by atoms with E-state index in [0.29, 0.717) is 11.3 Å². The highest BCUT2D eigenvalue weighted by molar-refractivity contribution is 6.04. The number of rotatable bonds is 3. The van der Waals surface area contributed by atoms with Crippen LogP contribution >= 0.6 is 0 Å². The van der Waals surface area contributed by atoms with Crippen molar-refractivity contribution in [2.24, 2.45) is 0 Å². The number of hydrogen-bond donors (Lipinski definition) is 2. The summed E-state index contributed by atoms with van der Waals surface area (Å²) in [7, 11) is 2.47. The van der Waals surface area contributed by atoms with Crippen LogP contribution in [-0.4, -0.2) is 25.2 Å². The summed E-state index contributed by atoms with van der Waals surface area (Å²) in [5, 5.41) is 2.53. The first-order chi connectivity index (χ1) is 11.5. The lowest BCUT2D eigenvalue weighted by atomic mass is 10.1. The first-order valence-corrected chi connectivity index (χ1v) is 6.89. The van der Waals surface area contributed by atoms with Crippen LogP contribution in [0.2, 0.25) is 0 Å². The largest absolute Gasteiger partial charge is 0.493 e. The number of halogens is 2. The number of nitrogens with zero attached hydrogens (tertiary/aromatic N) is 2. The molecule has 2 amide bonds. The summed E-state index contributed by atoms with van der Waals surface area (Å²) in [6, 6.07) is 1.84. The van der Waals surface area contributed by atoms with Crippen molar-refractivity contribution < 1.29 is 23.0 Å². The Balaban J connectivity index is 2.12. The minimum Gasteiger partial charge on any atom is -0.493 e. The van der Waals surface area contributed by atoms with Gasteiger partial charge in [-0.3, -0.25) is 4.90 Å². The first kappa shape index (κ1) is 15.8. The Morgan fingerprint density at radius 1 is 1.21 bits per heavy atom. The van der Waals surface area contributed by atoms with Crippen molar-refractivity contribution in [3.05, 3.63) is 35.5 Å². The Labute approximate surface area is 136 Å². The van der Waals surface area contributed by atoms with Crippen LogP contribution in [0.5, 0.6) is 11.5 Å². The number of nitrogens with one attached hydrogen (secondary N) is 1. The van der Waals surface area contributed by atoms with Gasteiger partial charge in [0.15, 0.2) is 23.1 Å². The maximum atomic E-state index is 14.6. The molecule has 1 aliphatic heterocycles. The van der Waals surface area contributed by atoms with Crippen LogP contribution in [0.25, 0.3) is 0 Å². The van der Waals surface area contributed by atoms with E-state index >= 15 is 0 Å². The molecule has 0 aliphatic carbocycles. The van der Waals surface area contributed by atoms with Gasteiger partial charge in [-0.25, -0.2) is 18.6 Å². The van der Waals surface area contributed by atoms with E-state index in [1.54, 1.807) is 0 Å². The topological polar surface area (TPSA) is 89.7 Å². The molecule has 0 atom stereocenters. The van der Waals surface area contributed by atoms with E-state index in [0.717, 1.165) is 11.0 Å². The van der Waals surface area contributed by atoms with Gasteiger partial charge < -0.3 is 20.5 Å². The van der Waals surface area contributed by atoms with Crippen LogP contribution < -0.4 is 25.4 Å². The predicted molar refractivity (Wildman–Crippen MR) is 83.3 cm³/mol. The number of amides is 2. The number of nitrogen functional groups attached to an aromatic ring is 1. The van der Waals surface area contributed by atoms with Gasteiger partial charge in [0, 0.05) is 23.9 Å². The fourth-order valence-corrected chi connectivity index (χ4v) is 2.46. The van der Waals surface area contributed by atoms with E-state index < -0.39 is 23.4 Å². The van der Waals surface area contributed by atoms with E-state index in [4.69, 9.17) is 15.2 Å². The molecule has 0 unspecified atom stereocenters. The fourth-order valence-electron chi connectivity index (χ4n) is 2.46. The number of hydrogen-bond acceptors (Lipinski definition) is 5. The summed E-state index contributed by atoms with van der Waals surface area (Å²) in [4.78, 5) is 17.1. The van der Waals surface area contributed by atoms with Gasteiger partial charge in [0.05, 0.1) is 26.5 Å². The van der Waals surface area contributed by atoms with Crippen molar-refractivity contribution in [2.75, 3.05) is 30.2 Å². The number of aromatic nitrogens is 1. The van der Waals surface area contributed by atoms with Crippen molar-refractivity contribution >= 4 is 23.2 Å². The van der Waals surface area contributed by atoms with Crippen LogP contribution in [0.15, 0.2) is 18.3 Å². The van der Waals surface area contributed by atoms with Gasteiger partial charge in [-0.2, -0.15) is 0 Å². The Kier molecular flexibility index (Phi) is 3.84. The molecular weight excluding hydrogens is 322 g/mol. The molecule has 0 bridgehead atoms. The Bertz CT molecular complexity index is 801. The molecule has 7 nitrogen and oxygen atoms in total. The second-order valence-corrected chi connectivity index (χ2v) is 5.04. The number of carbonyl (C=O) groups is 1. The zero-order valence-electron chi connectivity index (χ0n) is 12.9. The number of nitrogens with two attached hydrogens (primary N) is 1. The van der Waals surface area contributed by atoms with Gasteiger partial charge in [-0.1, -0.05) is 0 Å². The molecule has 0 fully saturated rings. The number of carbonyl (C=O) groups excluding carboxylic acids is 1. The molecule has 0 spiro atoms. The lowest BCUT2D eigenvalue weighted by Crippen LogP contribution is -2.40. The fraction of sp³-hybridized carbons (Fsp3) is 0.200. The summed E-state index contributed by atoms with van der Waals surface area (Å²) < 4.78 is 38.9. The number of urea groups is 1. The predicted octanol–water partition coefficient (Wildman–Crippen LogP) is 2.51.